The molecule has 0 spiro atoms. The number of aromatic nitrogens is 1. The van der Waals surface area contributed by atoms with E-state index < -0.39 is 0 Å². The molecule has 1 fully saturated rings. The molecule has 100 valence electrons. The lowest BCUT2D eigenvalue weighted by Gasteiger charge is -2.22. The molecule has 3 N–H and O–H groups in total. The second-order valence-electron chi connectivity index (χ2n) is 5.36. The first-order chi connectivity index (χ1) is 8.54. The Balaban J connectivity index is 2.13. The Morgan fingerprint density at radius 3 is 2.83 bits per heavy atom. The summed E-state index contributed by atoms with van der Waals surface area (Å²) in [6.07, 6.45) is 5.56. The van der Waals surface area contributed by atoms with E-state index in [1.807, 2.05) is 6.92 Å². The van der Waals surface area contributed by atoms with E-state index in [9.17, 15) is 0 Å². The van der Waals surface area contributed by atoms with Crippen LogP contribution in [0.1, 0.15) is 38.7 Å². The van der Waals surface area contributed by atoms with Crippen molar-refractivity contribution in [3.63, 3.8) is 0 Å². The van der Waals surface area contributed by atoms with Crippen molar-refractivity contribution >= 4 is 27.4 Å². The van der Waals surface area contributed by atoms with Crippen molar-refractivity contribution in [2.75, 3.05) is 11.1 Å². The van der Waals surface area contributed by atoms with E-state index in [1.54, 1.807) is 6.20 Å². The molecule has 3 atom stereocenters. The van der Waals surface area contributed by atoms with Gasteiger partial charge in [-0.15, -0.1) is 0 Å². The van der Waals surface area contributed by atoms with Gasteiger partial charge < -0.3 is 11.1 Å². The molecule has 1 aliphatic carbocycles. The first-order valence-corrected chi connectivity index (χ1v) is 7.51. The lowest BCUT2D eigenvalue weighted by molar-refractivity contribution is 0.391. The quantitative estimate of drug-likeness (QED) is 0.888. The smallest absolute Gasteiger partial charge is 0.140 e. The molecule has 2 rings (SSSR count). The van der Waals surface area contributed by atoms with Crippen molar-refractivity contribution in [2.24, 2.45) is 11.8 Å². The highest BCUT2D eigenvalue weighted by molar-refractivity contribution is 9.10. The number of hydrogen-bond acceptors (Lipinski definition) is 3. The molecule has 1 aromatic rings. The number of hydrogen-bond donors (Lipinski definition) is 2. The zero-order valence-corrected chi connectivity index (χ0v) is 12.9. The van der Waals surface area contributed by atoms with Crippen LogP contribution in [0, 0.1) is 18.8 Å². The van der Waals surface area contributed by atoms with Gasteiger partial charge in [0, 0.05) is 6.04 Å². The molecule has 1 heterocycles. The molecule has 0 aromatic carbocycles. The van der Waals surface area contributed by atoms with Crippen LogP contribution in [0.3, 0.4) is 0 Å². The van der Waals surface area contributed by atoms with Crippen LogP contribution in [0.15, 0.2) is 10.7 Å². The predicted octanol–water partition coefficient (Wildman–Crippen LogP) is 3.97. The number of rotatable bonds is 3. The topological polar surface area (TPSA) is 50.9 Å². The molecule has 3 unspecified atom stereocenters. The fourth-order valence-electron chi connectivity index (χ4n) is 2.90. The first kappa shape index (κ1) is 13.7. The third kappa shape index (κ3) is 2.48. The van der Waals surface area contributed by atoms with Gasteiger partial charge in [-0.1, -0.05) is 20.3 Å². The Labute approximate surface area is 118 Å². The zero-order chi connectivity index (χ0) is 13.3. The van der Waals surface area contributed by atoms with Gasteiger partial charge >= 0.3 is 0 Å². The number of nitrogens with zero attached hydrogens (tertiary/aromatic N) is 1. The lowest BCUT2D eigenvalue weighted by atomic mass is 9.93. The van der Waals surface area contributed by atoms with Crippen LogP contribution in [0.5, 0.6) is 0 Å². The van der Waals surface area contributed by atoms with Gasteiger partial charge in [0.25, 0.3) is 0 Å². The molecule has 1 saturated carbocycles. The van der Waals surface area contributed by atoms with Crippen LogP contribution in [0.2, 0.25) is 0 Å². The predicted molar refractivity (Wildman–Crippen MR) is 80.7 cm³/mol. The summed E-state index contributed by atoms with van der Waals surface area (Å²) in [5, 5.41) is 3.58. The summed E-state index contributed by atoms with van der Waals surface area (Å²) >= 11 is 3.59. The van der Waals surface area contributed by atoms with Crippen LogP contribution in [0.4, 0.5) is 11.5 Å². The molecule has 3 nitrogen and oxygen atoms in total. The van der Waals surface area contributed by atoms with Crippen LogP contribution in [0.25, 0.3) is 0 Å². The van der Waals surface area contributed by atoms with E-state index >= 15 is 0 Å². The fourth-order valence-corrected chi connectivity index (χ4v) is 3.34. The van der Waals surface area contributed by atoms with Crippen molar-refractivity contribution in [1.82, 2.24) is 4.98 Å². The summed E-state index contributed by atoms with van der Waals surface area (Å²) in [5.74, 6) is 2.48. The minimum absolute atomic E-state index is 0.529. The summed E-state index contributed by atoms with van der Waals surface area (Å²) in [6, 6.07) is 0.529. The second kappa shape index (κ2) is 5.47. The van der Waals surface area contributed by atoms with Gasteiger partial charge in [0.1, 0.15) is 5.82 Å². The van der Waals surface area contributed by atoms with Gasteiger partial charge in [-0.25, -0.2) is 4.98 Å². The number of nitrogens with two attached hydrogens (primary N) is 1. The number of halogens is 1. The Morgan fingerprint density at radius 2 is 2.22 bits per heavy atom. The van der Waals surface area contributed by atoms with Gasteiger partial charge in [0.05, 0.1) is 16.4 Å². The van der Waals surface area contributed by atoms with Crippen molar-refractivity contribution < 1.29 is 0 Å². The monoisotopic (exact) mass is 311 g/mol. The average molecular weight is 312 g/mol. The number of nitrogens with one attached hydrogen (secondary N) is 1. The minimum Gasteiger partial charge on any atom is -0.397 e. The molecular weight excluding hydrogens is 290 g/mol. The molecule has 0 saturated heterocycles. The minimum atomic E-state index is 0.529. The molecule has 1 aliphatic rings. The SMILES string of the molecule is CCC1CCC(Nc2ncc(N)c(C)c2Br)C1C. The molecule has 4 heteroatoms. The molecule has 18 heavy (non-hydrogen) atoms. The molecule has 0 aliphatic heterocycles. The van der Waals surface area contributed by atoms with Crippen LogP contribution in [-0.2, 0) is 0 Å². The van der Waals surface area contributed by atoms with Crippen LogP contribution in [-0.4, -0.2) is 11.0 Å². The van der Waals surface area contributed by atoms with Crippen molar-refractivity contribution in [1.29, 1.82) is 0 Å². The summed E-state index contributed by atoms with van der Waals surface area (Å²) in [6.45, 7) is 6.64. The normalized spacial score (nSPS) is 27.4. The first-order valence-electron chi connectivity index (χ1n) is 6.71. The van der Waals surface area contributed by atoms with E-state index in [0.29, 0.717) is 12.0 Å². The molecule has 0 bridgehead atoms. The second-order valence-corrected chi connectivity index (χ2v) is 6.15. The van der Waals surface area contributed by atoms with E-state index in [4.69, 9.17) is 5.73 Å². The molecule has 1 aromatic heterocycles. The number of anilines is 2. The summed E-state index contributed by atoms with van der Waals surface area (Å²) in [7, 11) is 0. The van der Waals surface area contributed by atoms with Gasteiger partial charge in [0.2, 0.25) is 0 Å². The molecular formula is C14H22BrN3. The van der Waals surface area contributed by atoms with E-state index in [2.05, 4.69) is 40.1 Å². The van der Waals surface area contributed by atoms with E-state index in [0.717, 1.165) is 27.5 Å². The van der Waals surface area contributed by atoms with Crippen molar-refractivity contribution in [3.05, 3.63) is 16.2 Å². The largest absolute Gasteiger partial charge is 0.397 e. The van der Waals surface area contributed by atoms with Crippen molar-refractivity contribution in [2.45, 2.75) is 46.1 Å². The number of nitrogen functional groups attached to an aromatic ring is 1. The summed E-state index contributed by atoms with van der Waals surface area (Å²) in [4.78, 5) is 4.40. The third-order valence-electron chi connectivity index (χ3n) is 4.38. The maximum atomic E-state index is 5.85. The lowest BCUT2D eigenvalue weighted by Crippen LogP contribution is -2.25. The highest BCUT2D eigenvalue weighted by atomic mass is 79.9. The fraction of sp³-hybridized carbons (Fsp3) is 0.643. The Morgan fingerprint density at radius 1 is 1.50 bits per heavy atom. The Bertz CT molecular complexity index is 433. The molecule has 0 radical (unpaired) electrons. The Kier molecular flexibility index (Phi) is 4.15. The maximum Gasteiger partial charge on any atom is 0.140 e. The standard InChI is InChI=1S/C14H22BrN3/c1-4-10-5-6-12(8(10)2)18-14-13(15)9(3)11(16)7-17-14/h7-8,10,12H,4-6,16H2,1-3H3,(H,17,18). The zero-order valence-electron chi connectivity index (χ0n) is 11.3. The summed E-state index contributed by atoms with van der Waals surface area (Å²) in [5.41, 5.74) is 7.64. The summed E-state index contributed by atoms with van der Waals surface area (Å²) < 4.78 is 0.995. The number of pyridine rings is 1. The van der Waals surface area contributed by atoms with Gasteiger partial charge in [0.15, 0.2) is 0 Å². The van der Waals surface area contributed by atoms with Crippen LogP contribution >= 0.6 is 15.9 Å². The van der Waals surface area contributed by atoms with Gasteiger partial charge in [-0.3, -0.25) is 0 Å². The maximum absolute atomic E-state index is 5.85. The van der Waals surface area contributed by atoms with Crippen molar-refractivity contribution in [3.8, 4) is 0 Å². The third-order valence-corrected chi connectivity index (χ3v) is 5.35. The highest BCUT2D eigenvalue weighted by Gasteiger charge is 2.31. The Hall–Kier alpha value is -0.770. The van der Waals surface area contributed by atoms with Crippen LogP contribution < -0.4 is 11.1 Å². The van der Waals surface area contributed by atoms with Gasteiger partial charge in [-0.05, 0) is 53.1 Å². The highest BCUT2D eigenvalue weighted by Crippen LogP contribution is 2.37. The van der Waals surface area contributed by atoms with E-state index in [1.165, 1.54) is 19.3 Å². The van der Waals surface area contributed by atoms with E-state index in [-0.39, 0.29) is 0 Å². The van der Waals surface area contributed by atoms with Gasteiger partial charge in [-0.2, -0.15) is 0 Å². The average Bonchev–Trinajstić information content (AvgIpc) is 2.71. The molecule has 0 amide bonds.